The highest BCUT2D eigenvalue weighted by Crippen LogP contribution is 2.60. The Morgan fingerprint density at radius 2 is 2.00 bits per heavy atom. The minimum Gasteiger partial charge on any atom is -0.349 e. The van der Waals surface area contributed by atoms with E-state index in [0.717, 1.165) is 43.0 Å². The molecule has 1 amide bonds. The van der Waals surface area contributed by atoms with Crippen molar-refractivity contribution in [3.8, 4) is 0 Å². The molecule has 144 valence electrons. The molecule has 28 heavy (non-hydrogen) atoms. The number of rotatable bonds is 3. The molecular weight excluding hydrogens is 376 g/mol. The second-order valence-corrected chi connectivity index (χ2v) is 9.38. The molecule has 2 aromatic heterocycles. The molecule has 4 aliphatic carbocycles. The average Bonchev–Trinajstić information content (AvgIpc) is 3.30. The quantitative estimate of drug-likeness (QED) is 0.711. The van der Waals surface area contributed by atoms with Crippen LogP contribution in [0.4, 0.5) is 0 Å². The van der Waals surface area contributed by atoms with E-state index in [-0.39, 0.29) is 17.0 Å². The van der Waals surface area contributed by atoms with E-state index in [9.17, 15) is 4.79 Å². The number of hydrogen-bond donors (Lipinski definition) is 2. The number of para-hydroxylation sites is 1. The Balaban J connectivity index is 1.35. The zero-order valence-corrected chi connectivity index (χ0v) is 16.1. The van der Waals surface area contributed by atoms with E-state index >= 15 is 0 Å². The number of nitrogens with zero attached hydrogens (tertiary/aromatic N) is 4. The van der Waals surface area contributed by atoms with Gasteiger partial charge in [0, 0.05) is 16.4 Å². The monoisotopic (exact) mass is 396 g/mol. The largest absolute Gasteiger partial charge is 0.349 e. The lowest BCUT2D eigenvalue weighted by Crippen LogP contribution is -2.66. The normalized spacial score (nSPS) is 33.5. The Morgan fingerprint density at radius 1 is 1.21 bits per heavy atom. The fourth-order valence-corrected chi connectivity index (χ4v) is 6.84. The average molecular weight is 397 g/mol. The first-order valence-electron chi connectivity index (χ1n) is 9.88. The van der Waals surface area contributed by atoms with Crippen molar-refractivity contribution in [3.05, 3.63) is 41.3 Å². The molecular formula is C20H21ClN6O. The zero-order valence-electron chi connectivity index (χ0n) is 15.4. The molecule has 4 bridgehead atoms. The first kappa shape index (κ1) is 16.5. The van der Waals surface area contributed by atoms with Gasteiger partial charge in [-0.3, -0.25) is 4.79 Å². The van der Waals surface area contributed by atoms with Crippen molar-refractivity contribution in [3.63, 3.8) is 0 Å². The van der Waals surface area contributed by atoms with Gasteiger partial charge in [0.2, 0.25) is 0 Å². The molecule has 8 heteroatoms. The van der Waals surface area contributed by atoms with Gasteiger partial charge in [0.15, 0.2) is 6.33 Å². The summed E-state index contributed by atoms with van der Waals surface area (Å²) in [7, 11) is 0. The van der Waals surface area contributed by atoms with E-state index in [4.69, 9.17) is 11.6 Å². The lowest BCUT2D eigenvalue weighted by Gasteiger charge is -2.61. The summed E-state index contributed by atoms with van der Waals surface area (Å²) in [6.45, 7) is 0. The molecule has 7 rings (SSSR count). The zero-order chi connectivity index (χ0) is 18.9. The number of carbonyl (C=O) groups excluding carboxylic acids is 1. The van der Waals surface area contributed by atoms with E-state index in [1.54, 1.807) is 4.80 Å². The van der Waals surface area contributed by atoms with Crippen LogP contribution in [0.2, 0.25) is 5.02 Å². The maximum absolute atomic E-state index is 13.2. The van der Waals surface area contributed by atoms with Crippen LogP contribution in [0.15, 0.2) is 30.6 Å². The minimum absolute atomic E-state index is 0.121. The second kappa shape index (κ2) is 5.56. The second-order valence-electron chi connectivity index (χ2n) is 9.00. The third-order valence-electron chi connectivity index (χ3n) is 7.05. The van der Waals surface area contributed by atoms with Crippen LogP contribution in [-0.4, -0.2) is 36.6 Å². The van der Waals surface area contributed by atoms with E-state index in [1.165, 1.54) is 12.7 Å². The van der Waals surface area contributed by atoms with Crippen molar-refractivity contribution in [1.29, 1.82) is 0 Å². The lowest BCUT2D eigenvalue weighted by molar-refractivity contribution is -0.0810. The molecule has 2 atom stereocenters. The summed E-state index contributed by atoms with van der Waals surface area (Å²) in [6, 6.07) is 7.73. The fraction of sp³-hybridized carbons (Fsp3) is 0.500. The molecule has 3 aromatic rings. The van der Waals surface area contributed by atoms with Crippen molar-refractivity contribution >= 4 is 28.4 Å². The summed E-state index contributed by atoms with van der Waals surface area (Å²) in [5.74, 6) is 1.06. The summed E-state index contributed by atoms with van der Waals surface area (Å²) in [5.41, 5.74) is 0.978. The topological polar surface area (TPSA) is 88.5 Å². The predicted octanol–water partition coefficient (Wildman–Crippen LogP) is 3.29. The molecule has 2 N–H and O–H groups in total. The number of hydrogen-bond acceptors (Lipinski definition) is 4. The van der Waals surface area contributed by atoms with Gasteiger partial charge in [0.05, 0.1) is 10.6 Å². The molecule has 0 saturated heterocycles. The molecule has 7 nitrogen and oxygen atoms in total. The van der Waals surface area contributed by atoms with Crippen LogP contribution in [0.5, 0.6) is 0 Å². The highest BCUT2D eigenvalue weighted by molar-refractivity contribution is 6.38. The third kappa shape index (κ3) is 2.28. The van der Waals surface area contributed by atoms with Gasteiger partial charge >= 0.3 is 0 Å². The fourth-order valence-electron chi connectivity index (χ4n) is 6.55. The van der Waals surface area contributed by atoms with Crippen LogP contribution < -0.4 is 5.32 Å². The Kier molecular flexibility index (Phi) is 3.29. The Labute approximate surface area is 166 Å². The van der Waals surface area contributed by atoms with Crippen molar-refractivity contribution in [2.75, 3.05) is 0 Å². The van der Waals surface area contributed by atoms with Crippen molar-refractivity contribution in [2.24, 2.45) is 11.8 Å². The maximum atomic E-state index is 13.2. The van der Waals surface area contributed by atoms with Gasteiger partial charge in [-0.05, 0) is 61.6 Å². The first-order valence-corrected chi connectivity index (χ1v) is 10.3. The molecule has 0 spiro atoms. The highest BCUT2D eigenvalue weighted by Gasteiger charge is 2.60. The number of benzene rings is 1. The molecule has 0 aliphatic heterocycles. The molecule has 2 unspecified atom stereocenters. The van der Waals surface area contributed by atoms with E-state index in [0.29, 0.717) is 22.6 Å². The van der Waals surface area contributed by atoms with Gasteiger partial charge in [-0.1, -0.05) is 29.8 Å². The van der Waals surface area contributed by atoms with Crippen LogP contribution in [0.3, 0.4) is 0 Å². The lowest BCUT2D eigenvalue weighted by atomic mass is 9.50. The van der Waals surface area contributed by atoms with Crippen LogP contribution in [0.1, 0.15) is 49.0 Å². The van der Waals surface area contributed by atoms with Gasteiger partial charge in [-0.2, -0.15) is 4.80 Å². The van der Waals surface area contributed by atoms with Gasteiger partial charge in [0.25, 0.3) is 5.91 Å². The van der Waals surface area contributed by atoms with Crippen molar-refractivity contribution in [1.82, 2.24) is 30.5 Å². The molecule has 2 heterocycles. The van der Waals surface area contributed by atoms with Crippen molar-refractivity contribution < 1.29 is 4.79 Å². The smallest absolute Gasteiger partial charge is 0.269 e. The summed E-state index contributed by atoms with van der Waals surface area (Å²) >= 11 is 6.52. The first-order chi connectivity index (χ1) is 13.6. The molecule has 1 aromatic carbocycles. The summed E-state index contributed by atoms with van der Waals surface area (Å²) in [5, 5.41) is 17.3. The summed E-state index contributed by atoms with van der Waals surface area (Å²) in [4.78, 5) is 18.2. The predicted molar refractivity (Wildman–Crippen MR) is 104 cm³/mol. The van der Waals surface area contributed by atoms with Crippen LogP contribution in [0.25, 0.3) is 10.9 Å². The highest BCUT2D eigenvalue weighted by atomic mass is 35.5. The van der Waals surface area contributed by atoms with Crippen molar-refractivity contribution in [2.45, 2.75) is 49.6 Å². The van der Waals surface area contributed by atoms with E-state index in [1.807, 2.05) is 24.3 Å². The summed E-state index contributed by atoms with van der Waals surface area (Å²) < 4.78 is 0. The van der Waals surface area contributed by atoms with Gasteiger partial charge in [0.1, 0.15) is 5.69 Å². The number of tetrazole rings is 1. The number of fused-ring (bicyclic) bond motifs is 1. The number of amides is 1. The Hall–Kier alpha value is -2.41. The van der Waals surface area contributed by atoms with Gasteiger partial charge in [-0.25, -0.2) is 0 Å². The van der Waals surface area contributed by atoms with Crippen LogP contribution >= 0.6 is 11.6 Å². The Morgan fingerprint density at radius 3 is 2.71 bits per heavy atom. The van der Waals surface area contributed by atoms with E-state index < -0.39 is 0 Å². The van der Waals surface area contributed by atoms with Crippen LogP contribution in [0, 0.1) is 11.8 Å². The van der Waals surface area contributed by atoms with Gasteiger partial charge < -0.3 is 10.3 Å². The number of carbonyl (C=O) groups is 1. The molecule has 0 radical (unpaired) electrons. The molecule has 4 fully saturated rings. The third-order valence-corrected chi connectivity index (χ3v) is 7.44. The van der Waals surface area contributed by atoms with Crippen LogP contribution in [-0.2, 0) is 5.54 Å². The Bertz CT molecular complexity index is 1060. The number of aromatic nitrogens is 5. The molecule has 4 aliphatic rings. The number of aromatic amines is 1. The standard InChI is InChI=1S/C20H21ClN6O/c21-16-14-3-1-2-4-15(14)24-17(16)18(28)25-19-6-12-5-13(7-19)9-20(8-12,10-19)27-23-11-22-26-27/h1-4,11-13,24H,5-10H2,(H,25,28). The number of halogens is 1. The van der Waals surface area contributed by atoms with E-state index in [2.05, 4.69) is 25.7 Å². The maximum Gasteiger partial charge on any atom is 0.269 e. The molecule has 4 saturated carbocycles. The van der Waals surface area contributed by atoms with Gasteiger partial charge in [-0.15, -0.1) is 10.2 Å². The number of nitrogens with one attached hydrogen (secondary N) is 2. The number of H-pyrrole nitrogens is 1. The SMILES string of the molecule is O=C(NC12CC3CC(C1)CC(n1ncnn1)(C3)C2)c1[nH]c2ccccc2c1Cl. The summed E-state index contributed by atoms with van der Waals surface area (Å²) in [6.07, 6.45) is 7.78. The minimum atomic E-state index is -0.227.